The summed E-state index contributed by atoms with van der Waals surface area (Å²) in [5.41, 5.74) is 2.06. The second-order valence-electron chi connectivity index (χ2n) is 6.54. The molecule has 0 amide bonds. The molecular formula is C22H31N3O4. The first-order chi connectivity index (χ1) is 14.0. The van der Waals surface area contributed by atoms with Crippen LogP contribution in [0, 0.1) is 6.92 Å². The van der Waals surface area contributed by atoms with Crippen LogP contribution in [0.5, 0.6) is 17.2 Å². The summed E-state index contributed by atoms with van der Waals surface area (Å²) in [6.45, 7) is 5.64. The highest BCUT2D eigenvalue weighted by molar-refractivity contribution is 5.79. The number of ether oxygens (including phenoxy) is 3. The van der Waals surface area contributed by atoms with Gasteiger partial charge < -0.3 is 30.0 Å². The Morgan fingerprint density at radius 1 is 1.07 bits per heavy atom. The fourth-order valence-corrected chi connectivity index (χ4v) is 2.66. The molecule has 0 aliphatic carbocycles. The summed E-state index contributed by atoms with van der Waals surface area (Å²) in [6, 6.07) is 13.4. The van der Waals surface area contributed by atoms with Gasteiger partial charge in [-0.25, -0.2) is 4.99 Å². The SMILES string of the molecule is CCNC(=NCc1ccc(OC)cc1OC)NCC(O)COc1cccc(C)c1. The van der Waals surface area contributed by atoms with Gasteiger partial charge in [-0.2, -0.15) is 0 Å². The van der Waals surface area contributed by atoms with E-state index in [1.165, 1.54) is 0 Å². The van der Waals surface area contributed by atoms with Gasteiger partial charge in [-0.3, -0.25) is 0 Å². The van der Waals surface area contributed by atoms with E-state index in [1.54, 1.807) is 14.2 Å². The van der Waals surface area contributed by atoms with E-state index in [0.717, 1.165) is 28.4 Å². The number of aliphatic hydroxyl groups is 1. The molecular weight excluding hydrogens is 370 g/mol. The number of aliphatic hydroxyl groups excluding tert-OH is 1. The number of nitrogens with zero attached hydrogens (tertiary/aromatic N) is 1. The van der Waals surface area contributed by atoms with E-state index in [-0.39, 0.29) is 6.61 Å². The lowest BCUT2D eigenvalue weighted by Gasteiger charge is -2.16. The zero-order valence-corrected chi connectivity index (χ0v) is 17.6. The van der Waals surface area contributed by atoms with Crippen LogP contribution in [0.1, 0.15) is 18.1 Å². The number of aryl methyl sites for hydroxylation is 1. The van der Waals surface area contributed by atoms with Crippen LogP contribution in [-0.2, 0) is 6.54 Å². The van der Waals surface area contributed by atoms with Crippen molar-refractivity contribution in [2.75, 3.05) is 33.9 Å². The summed E-state index contributed by atoms with van der Waals surface area (Å²) in [5.74, 6) is 2.81. The van der Waals surface area contributed by atoms with E-state index < -0.39 is 6.10 Å². The van der Waals surface area contributed by atoms with Gasteiger partial charge in [-0.05, 0) is 43.7 Å². The second-order valence-corrected chi connectivity index (χ2v) is 6.54. The summed E-state index contributed by atoms with van der Waals surface area (Å²) in [6.07, 6.45) is -0.671. The Kier molecular flexibility index (Phi) is 9.11. The molecule has 0 aliphatic rings. The topological polar surface area (TPSA) is 84.3 Å². The van der Waals surface area contributed by atoms with Gasteiger partial charge in [-0.15, -0.1) is 0 Å². The molecule has 0 bridgehead atoms. The molecule has 7 heteroatoms. The Bertz CT molecular complexity index is 795. The minimum absolute atomic E-state index is 0.197. The van der Waals surface area contributed by atoms with Crippen LogP contribution < -0.4 is 24.8 Å². The monoisotopic (exact) mass is 401 g/mol. The second kappa shape index (κ2) is 11.8. The molecule has 3 N–H and O–H groups in total. The average molecular weight is 402 g/mol. The van der Waals surface area contributed by atoms with Crippen molar-refractivity contribution in [2.24, 2.45) is 4.99 Å². The van der Waals surface area contributed by atoms with Crippen LogP contribution in [0.4, 0.5) is 0 Å². The first-order valence-corrected chi connectivity index (χ1v) is 9.66. The Morgan fingerprint density at radius 2 is 1.90 bits per heavy atom. The minimum Gasteiger partial charge on any atom is -0.497 e. The molecule has 0 saturated carbocycles. The summed E-state index contributed by atoms with van der Waals surface area (Å²) in [4.78, 5) is 4.57. The molecule has 7 nitrogen and oxygen atoms in total. The van der Waals surface area contributed by atoms with E-state index >= 15 is 0 Å². The first kappa shape index (κ1) is 22.4. The lowest BCUT2D eigenvalue weighted by molar-refractivity contribution is 0.110. The number of nitrogens with one attached hydrogen (secondary N) is 2. The van der Waals surface area contributed by atoms with Gasteiger partial charge in [0.05, 0.1) is 20.8 Å². The van der Waals surface area contributed by atoms with Crippen LogP contribution >= 0.6 is 0 Å². The first-order valence-electron chi connectivity index (χ1n) is 9.66. The van der Waals surface area contributed by atoms with Crippen molar-refractivity contribution in [3.63, 3.8) is 0 Å². The predicted octanol–water partition coefficient (Wildman–Crippen LogP) is 2.51. The average Bonchev–Trinajstić information content (AvgIpc) is 2.74. The molecule has 2 aromatic rings. The number of hydrogen-bond acceptors (Lipinski definition) is 5. The molecule has 0 aliphatic heterocycles. The van der Waals surface area contributed by atoms with Crippen LogP contribution in [0.25, 0.3) is 0 Å². The van der Waals surface area contributed by atoms with Crippen LogP contribution in [0.3, 0.4) is 0 Å². The molecule has 0 aromatic heterocycles. The van der Waals surface area contributed by atoms with E-state index in [0.29, 0.717) is 25.6 Å². The Balaban J connectivity index is 1.90. The highest BCUT2D eigenvalue weighted by atomic mass is 16.5. The van der Waals surface area contributed by atoms with E-state index in [1.807, 2.05) is 56.3 Å². The molecule has 0 heterocycles. The zero-order valence-electron chi connectivity index (χ0n) is 17.6. The highest BCUT2D eigenvalue weighted by Crippen LogP contribution is 2.25. The lowest BCUT2D eigenvalue weighted by atomic mass is 10.2. The fourth-order valence-electron chi connectivity index (χ4n) is 2.66. The van der Waals surface area contributed by atoms with Crippen molar-refractivity contribution in [2.45, 2.75) is 26.5 Å². The van der Waals surface area contributed by atoms with Gasteiger partial charge in [0.15, 0.2) is 5.96 Å². The Morgan fingerprint density at radius 3 is 2.59 bits per heavy atom. The molecule has 0 spiro atoms. The van der Waals surface area contributed by atoms with Gasteiger partial charge in [0, 0.05) is 24.7 Å². The smallest absolute Gasteiger partial charge is 0.191 e. The maximum Gasteiger partial charge on any atom is 0.191 e. The van der Waals surface area contributed by atoms with E-state index in [9.17, 15) is 5.11 Å². The molecule has 1 atom stereocenters. The number of methoxy groups -OCH3 is 2. The quantitative estimate of drug-likeness (QED) is 0.419. The van der Waals surface area contributed by atoms with Crippen LogP contribution in [-0.4, -0.2) is 51.1 Å². The highest BCUT2D eigenvalue weighted by Gasteiger charge is 2.09. The summed E-state index contributed by atoms with van der Waals surface area (Å²) in [7, 11) is 3.24. The van der Waals surface area contributed by atoms with Gasteiger partial charge in [0.25, 0.3) is 0 Å². The molecule has 1 unspecified atom stereocenters. The maximum atomic E-state index is 10.2. The molecule has 2 rings (SSSR count). The van der Waals surface area contributed by atoms with Crippen LogP contribution in [0.2, 0.25) is 0 Å². The number of rotatable bonds is 10. The van der Waals surface area contributed by atoms with Gasteiger partial charge >= 0.3 is 0 Å². The molecule has 29 heavy (non-hydrogen) atoms. The van der Waals surface area contributed by atoms with Crippen LogP contribution in [0.15, 0.2) is 47.5 Å². The van der Waals surface area contributed by atoms with E-state index in [2.05, 4.69) is 15.6 Å². The predicted molar refractivity (Wildman–Crippen MR) is 115 cm³/mol. The fraction of sp³-hybridized carbons (Fsp3) is 0.409. The number of benzene rings is 2. The minimum atomic E-state index is -0.671. The zero-order chi connectivity index (χ0) is 21.1. The molecule has 0 radical (unpaired) electrons. The van der Waals surface area contributed by atoms with Gasteiger partial charge in [-0.1, -0.05) is 12.1 Å². The van der Waals surface area contributed by atoms with Gasteiger partial charge in [0.2, 0.25) is 0 Å². The van der Waals surface area contributed by atoms with Crippen molar-refractivity contribution in [1.82, 2.24) is 10.6 Å². The summed E-state index contributed by atoms with van der Waals surface area (Å²) >= 11 is 0. The van der Waals surface area contributed by atoms with Crippen molar-refractivity contribution in [1.29, 1.82) is 0 Å². The molecule has 0 saturated heterocycles. The maximum absolute atomic E-state index is 10.2. The van der Waals surface area contributed by atoms with Crippen molar-refractivity contribution in [3.05, 3.63) is 53.6 Å². The number of aliphatic imine (C=N–C) groups is 1. The lowest BCUT2D eigenvalue weighted by Crippen LogP contribution is -2.42. The van der Waals surface area contributed by atoms with Crippen molar-refractivity contribution < 1.29 is 19.3 Å². The van der Waals surface area contributed by atoms with Crippen molar-refractivity contribution >= 4 is 5.96 Å². The Labute approximate surface area is 172 Å². The van der Waals surface area contributed by atoms with Gasteiger partial charge in [0.1, 0.15) is 30.0 Å². The molecule has 158 valence electrons. The Hall–Kier alpha value is -2.93. The molecule has 0 fully saturated rings. The number of guanidine groups is 1. The van der Waals surface area contributed by atoms with Crippen molar-refractivity contribution in [3.8, 4) is 17.2 Å². The largest absolute Gasteiger partial charge is 0.497 e. The third kappa shape index (κ3) is 7.54. The summed E-state index contributed by atoms with van der Waals surface area (Å²) in [5, 5.41) is 16.5. The number of hydrogen-bond donors (Lipinski definition) is 3. The standard InChI is InChI=1S/C22H31N3O4/c1-5-23-22(24-13-17-9-10-19(27-3)12-21(17)28-4)25-14-18(26)15-29-20-8-6-7-16(2)11-20/h6-12,18,26H,5,13-15H2,1-4H3,(H2,23,24,25). The van der Waals surface area contributed by atoms with E-state index in [4.69, 9.17) is 14.2 Å². The third-order valence-corrected chi connectivity index (χ3v) is 4.18. The third-order valence-electron chi connectivity index (χ3n) is 4.18. The molecule has 2 aromatic carbocycles. The normalized spacial score (nSPS) is 12.2. The summed E-state index contributed by atoms with van der Waals surface area (Å²) < 4.78 is 16.3.